The molecular weight excluding hydrogens is 399 g/mol. The SMILES string of the molecule is OCc1cc(C(Sc2ccc(Cl)cc2)c2cc(F)ccc2F)c(Cl)cn1. The summed E-state index contributed by atoms with van der Waals surface area (Å²) >= 11 is 13.5. The molecule has 0 bridgehead atoms. The number of halogens is 4. The van der Waals surface area contributed by atoms with E-state index in [1.165, 1.54) is 18.0 Å². The number of aliphatic hydroxyl groups excluding tert-OH is 1. The van der Waals surface area contributed by atoms with E-state index >= 15 is 0 Å². The molecule has 0 aliphatic carbocycles. The number of nitrogens with zero attached hydrogens (tertiary/aromatic N) is 1. The van der Waals surface area contributed by atoms with Gasteiger partial charge in [-0.25, -0.2) is 8.78 Å². The van der Waals surface area contributed by atoms with Crippen molar-refractivity contribution in [1.82, 2.24) is 4.98 Å². The zero-order valence-corrected chi connectivity index (χ0v) is 15.6. The van der Waals surface area contributed by atoms with Crippen LogP contribution in [0.2, 0.25) is 10.0 Å². The quantitative estimate of drug-likeness (QED) is 0.519. The number of hydrogen-bond donors (Lipinski definition) is 1. The lowest BCUT2D eigenvalue weighted by atomic mass is 10.0. The van der Waals surface area contributed by atoms with Crippen LogP contribution in [0.1, 0.15) is 22.1 Å². The Morgan fingerprint density at radius 2 is 1.73 bits per heavy atom. The van der Waals surface area contributed by atoms with Gasteiger partial charge in [-0.05, 0) is 54.1 Å². The second-order valence-electron chi connectivity index (χ2n) is 5.47. The zero-order valence-electron chi connectivity index (χ0n) is 13.3. The molecule has 0 aliphatic heterocycles. The molecule has 0 fully saturated rings. The maximum Gasteiger partial charge on any atom is 0.128 e. The molecule has 3 aromatic rings. The topological polar surface area (TPSA) is 33.1 Å². The Labute approximate surface area is 163 Å². The normalized spacial score (nSPS) is 12.2. The largest absolute Gasteiger partial charge is 0.390 e. The van der Waals surface area contributed by atoms with E-state index < -0.39 is 16.9 Å². The Kier molecular flexibility index (Phi) is 6.14. The summed E-state index contributed by atoms with van der Waals surface area (Å²) in [6, 6.07) is 11.9. The maximum atomic E-state index is 14.5. The molecule has 0 saturated carbocycles. The second-order valence-corrected chi connectivity index (χ2v) is 7.50. The molecule has 3 rings (SSSR count). The fourth-order valence-electron chi connectivity index (χ4n) is 2.45. The van der Waals surface area contributed by atoms with Crippen LogP contribution in [0.4, 0.5) is 8.78 Å². The Hall–Kier alpha value is -1.66. The van der Waals surface area contributed by atoms with Crippen LogP contribution in [0, 0.1) is 11.6 Å². The van der Waals surface area contributed by atoms with E-state index in [0.717, 1.165) is 23.1 Å². The third kappa shape index (κ3) is 4.35. The molecule has 134 valence electrons. The van der Waals surface area contributed by atoms with Crippen molar-refractivity contribution in [2.75, 3.05) is 0 Å². The Morgan fingerprint density at radius 1 is 1.00 bits per heavy atom. The molecule has 26 heavy (non-hydrogen) atoms. The lowest BCUT2D eigenvalue weighted by Crippen LogP contribution is -2.04. The van der Waals surface area contributed by atoms with E-state index in [2.05, 4.69) is 4.98 Å². The van der Waals surface area contributed by atoms with Crippen LogP contribution in [0.5, 0.6) is 0 Å². The fourth-order valence-corrected chi connectivity index (χ4v) is 4.04. The molecule has 1 unspecified atom stereocenters. The Bertz CT molecular complexity index is 922. The summed E-state index contributed by atoms with van der Waals surface area (Å²) in [5.41, 5.74) is 1.08. The maximum absolute atomic E-state index is 14.5. The van der Waals surface area contributed by atoms with Gasteiger partial charge in [-0.3, -0.25) is 4.98 Å². The van der Waals surface area contributed by atoms with Crippen molar-refractivity contribution in [2.45, 2.75) is 16.8 Å². The minimum atomic E-state index is -0.632. The summed E-state index contributed by atoms with van der Waals surface area (Å²) in [5, 5.41) is 9.61. The van der Waals surface area contributed by atoms with Crippen LogP contribution in [-0.2, 0) is 6.61 Å². The van der Waals surface area contributed by atoms with Crippen LogP contribution in [-0.4, -0.2) is 10.1 Å². The van der Waals surface area contributed by atoms with Gasteiger partial charge in [-0.15, -0.1) is 11.8 Å². The van der Waals surface area contributed by atoms with Crippen molar-refractivity contribution < 1.29 is 13.9 Å². The first-order chi connectivity index (χ1) is 12.5. The van der Waals surface area contributed by atoms with E-state index in [-0.39, 0.29) is 12.2 Å². The number of aliphatic hydroxyl groups is 1. The predicted octanol–water partition coefficient (Wildman–Crippen LogP) is 6.04. The molecule has 0 radical (unpaired) electrons. The van der Waals surface area contributed by atoms with Gasteiger partial charge in [0.1, 0.15) is 11.6 Å². The van der Waals surface area contributed by atoms with Crippen molar-refractivity contribution in [3.8, 4) is 0 Å². The van der Waals surface area contributed by atoms with Crippen molar-refractivity contribution >= 4 is 35.0 Å². The molecule has 0 aliphatic rings. The summed E-state index contributed by atoms with van der Waals surface area (Å²) < 4.78 is 28.3. The van der Waals surface area contributed by atoms with Crippen molar-refractivity contribution in [3.05, 3.63) is 93.2 Å². The third-order valence-corrected chi connectivity index (χ3v) is 5.55. The molecule has 7 heteroatoms. The number of benzene rings is 2. The molecule has 0 spiro atoms. The van der Waals surface area contributed by atoms with Gasteiger partial charge in [0.05, 0.1) is 22.6 Å². The fraction of sp³-hybridized carbons (Fsp3) is 0.105. The van der Waals surface area contributed by atoms with Crippen LogP contribution in [0.25, 0.3) is 0 Å². The first-order valence-corrected chi connectivity index (χ1v) is 9.24. The molecule has 1 N–H and O–H groups in total. The molecule has 0 saturated heterocycles. The van der Waals surface area contributed by atoms with Gasteiger partial charge in [0.25, 0.3) is 0 Å². The molecule has 2 aromatic carbocycles. The van der Waals surface area contributed by atoms with Crippen molar-refractivity contribution in [2.24, 2.45) is 0 Å². The van der Waals surface area contributed by atoms with Gasteiger partial charge >= 0.3 is 0 Å². The zero-order chi connectivity index (χ0) is 18.7. The summed E-state index contributed by atoms with van der Waals surface area (Å²) in [6.45, 7) is -0.284. The summed E-state index contributed by atoms with van der Waals surface area (Å²) in [7, 11) is 0. The number of pyridine rings is 1. The highest BCUT2D eigenvalue weighted by atomic mass is 35.5. The lowest BCUT2D eigenvalue weighted by molar-refractivity contribution is 0.276. The van der Waals surface area contributed by atoms with Crippen molar-refractivity contribution in [1.29, 1.82) is 0 Å². The van der Waals surface area contributed by atoms with Gasteiger partial charge in [0.2, 0.25) is 0 Å². The summed E-state index contributed by atoms with van der Waals surface area (Å²) in [4.78, 5) is 4.82. The third-order valence-electron chi connectivity index (χ3n) is 3.69. The van der Waals surface area contributed by atoms with Crippen molar-refractivity contribution in [3.63, 3.8) is 0 Å². The van der Waals surface area contributed by atoms with E-state index in [4.69, 9.17) is 23.2 Å². The number of aromatic nitrogens is 1. The minimum absolute atomic E-state index is 0.155. The van der Waals surface area contributed by atoms with Gasteiger partial charge in [-0.2, -0.15) is 0 Å². The standard InChI is InChI=1S/C19H13Cl2F2NOS/c20-11-1-4-14(5-2-11)26-19(16-7-12(22)3-6-18(16)23)15-8-13(10-25)24-9-17(15)21/h1-9,19,25H,10H2. The highest BCUT2D eigenvalue weighted by Gasteiger charge is 2.23. The first-order valence-electron chi connectivity index (χ1n) is 7.60. The van der Waals surface area contributed by atoms with E-state index in [9.17, 15) is 13.9 Å². The van der Waals surface area contributed by atoms with E-state index in [1.54, 1.807) is 30.3 Å². The van der Waals surface area contributed by atoms with Gasteiger partial charge < -0.3 is 5.11 Å². The Morgan fingerprint density at radius 3 is 2.42 bits per heavy atom. The van der Waals surface area contributed by atoms with Crippen LogP contribution in [0.3, 0.4) is 0 Å². The molecule has 2 nitrogen and oxygen atoms in total. The second kappa shape index (κ2) is 8.35. The Balaban J connectivity index is 2.12. The minimum Gasteiger partial charge on any atom is -0.390 e. The monoisotopic (exact) mass is 411 g/mol. The van der Waals surface area contributed by atoms with Crippen LogP contribution in [0.15, 0.2) is 59.6 Å². The molecule has 1 aromatic heterocycles. The number of thioether (sulfide) groups is 1. The number of hydrogen-bond acceptors (Lipinski definition) is 3. The van der Waals surface area contributed by atoms with E-state index in [0.29, 0.717) is 21.3 Å². The predicted molar refractivity (Wildman–Crippen MR) is 101 cm³/mol. The highest BCUT2D eigenvalue weighted by molar-refractivity contribution is 7.99. The van der Waals surface area contributed by atoms with E-state index in [1.807, 2.05) is 0 Å². The molecule has 0 amide bonds. The average molecular weight is 412 g/mol. The van der Waals surface area contributed by atoms with Crippen LogP contribution < -0.4 is 0 Å². The first kappa shape index (κ1) is 19.1. The number of rotatable bonds is 5. The summed E-state index contributed by atoms with van der Waals surface area (Å²) in [5.74, 6) is -1.09. The van der Waals surface area contributed by atoms with Gasteiger partial charge in [-0.1, -0.05) is 23.2 Å². The smallest absolute Gasteiger partial charge is 0.128 e. The lowest BCUT2D eigenvalue weighted by Gasteiger charge is -2.20. The molecule has 1 heterocycles. The average Bonchev–Trinajstić information content (AvgIpc) is 2.64. The molecular formula is C19H13Cl2F2NOS. The molecule has 1 atom stereocenters. The highest BCUT2D eigenvalue weighted by Crippen LogP contribution is 2.44. The summed E-state index contributed by atoms with van der Waals surface area (Å²) in [6.07, 6.45) is 1.40. The van der Waals surface area contributed by atoms with Gasteiger partial charge in [0, 0.05) is 21.7 Å². The van der Waals surface area contributed by atoms with Gasteiger partial charge in [0.15, 0.2) is 0 Å². The van der Waals surface area contributed by atoms with Crippen LogP contribution >= 0.6 is 35.0 Å².